The second-order valence-electron chi connectivity index (χ2n) is 5.02. The van der Waals surface area contributed by atoms with Crippen molar-refractivity contribution in [2.24, 2.45) is 0 Å². The fraction of sp³-hybridized carbons (Fsp3) is 0.429. The number of rotatable bonds is 6. The molecule has 0 aliphatic carbocycles. The number of furan rings is 1. The van der Waals surface area contributed by atoms with Gasteiger partial charge in [-0.15, -0.1) is 0 Å². The van der Waals surface area contributed by atoms with Gasteiger partial charge in [0, 0.05) is 6.04 Å². The van der Waals surface area contributed by atoms with E-state index in [0.717, 1.165) is 11.3 Å². The number of carbonyl (C=O) groups is 4. The monoisotopic (exact) mass is 307 g/mol. The molecule has 0 saturated carbocycles. The molecule has 8 heteroatoms. The molecule has 1 aliphatic rings. The molecule has 1 aromatic heterocycles. The summed E-state index contributed by atoms with van der Waals surface area (Å²) < 4.78 is 5.06. The fourth-order valence-corrected chi connectivity index (χ4v) is 1.95. The lowest BCUT2D eigenvalue weighted by atomic mass is 10.2. The molecule has 0 bridgehead atoms. The zero-order valence-electron chi connectivity index (χ0n) is 12.4. The Kier molecular flexibility index (Phi) is 4.59. The van der Waals surface area contributed by atoms with Crippen LogP contribution in [0.2, 0.25) is 0 Å². The minimum atomic E-state index is -1.00. The normalized spacial score (nSPS) is 16.4. The van der Waals surface area contributed by atoms with E-state index in [4.69, 9.17) is 4.42 Å². The SMILES string of the molecule is CC[C@H](C)NC(=O)CN1C(=O)C(=O)N(Cc2ccco2)C1=O. The van der Waals surface area contributed by atoms with Crippen molar-refractivity contribution >= 4 is 23.8 Å². The molecule has 22 heavy (non-hydrogen) atoms. The van der Waals surface area contributed by atoms with Crippen LogP contribution in [-0.4, -0.2) is 46.1 Å². The summed E-state index contributed by atoms with van der Waals surface area (Å²) in [6.07, 6.45) is 2.12. The first-order valence-electron chi connectivity index (χ1n) is 6.93. The van der Waals surface area contributed by atoms with Crippen molar-refractivity contribution in [2.75, 3.05) is 6.54 Å². The molecule has 0 unspecified atom stereocenters. The number of nitrogens with zero attached hydrogens (tertiary/aromatic N) is 2. The van der Waals surface area contributed by atoms with E-state index in [1.54, 1.807) is 19.1 Å². The highest BCUT2D eigenvalue weighted by molar-refractivity contribution is 6.44. The summed E-state index contributed by atoms with van der Waals surface area (Å²) in [5, 5.41) is 2.64. The first-order valence-corrected chi connectivity index (χ1v) is 6.93. The maximum atomic E-state index is 12.1. The van der Waals surface area contributed by atoms with Crippen LogP contribution in [0.3, 0.4) is 0 Å². The average molecular weight is 307 g/mol. The molecule has 1 aromatic rings. The highest BCUT2D eigenvalue weighted by Crippen LogP contribution is 2.16. The zero-order chi connectivity index (χ0) is 16.3. The Morgan fingerprint density at radius 1 is 1.27 bits per heavy atom. The Morgan fingerprint density at radius 3 is 2.55 bits per heavy atom. The third kappa shape index (κ3) is 3.16. The molecule has 1 atom stereocenters. The predicted molar refractivity (Wildman–Crippen MR) is 74.3 cm³/mol. The fourth-order valence-electron chi connectivity index (χ4n) is 1.95. The number of carbonyl (C=O) groups excluding carboxylic acids is 4. The molecule has 1 aliphatic heterocycles. The predicted octanol–water partition coefficient (Wildman–Crippen LogP) is 0.485. The van der Waals surface area contributed by atoms with Gasteiger partial charge in [0.2, 0.25) is 5.91 Å². The van der Waals surface area contributed by atoms with Gasteiger partial charge in [-0.25, -0.2) is 14.6 Å². The average Bonchev–Trinajstić information content (AvgIpc) is 3.06. The Labute approximate surface area is 127 Å². The van der Waals surface area contributed by atoms with Crippen LogP contribution in [0, 0.1) is 0 Å². The number of amides is 5. The second-order valence-corrected chi connectivity index (χ2v) is 5.02. The van der Waals surface area contributed by atoms with Crippen LogP contribution >= 0.6 is 0 Å². The quantitative estimate of drug-likeness (QED) is 0.609. The molecule has 2 heterocycles. The van der Waals surface area contributed by atoms with E-state index in [1.165, 1.54) is 6.26 Å². The minimum absolute atomic E-state index is 0.0739. The van der Waals surface area contributed by atoms with Crippen LogP contribution in [0.5, 0.6) is 0 Å². The van der Waals surface area contributed by atoms with Gasteiger partial charge in [0.1, 0.15) is 12.3 Å². The number of hydrogen-bond acceptors (Lipinski definition) is 5. The molecule has 1 fully saturated rings. The van der Waals surface area contributed by atoms with Crippen molar-refractivity contribution in [3.8, 4) is 0 Å². The van der Waals surface area contributed by atoms with Crippen molar-refractivity contribution in [1.82, 2.24) is 15.1 Å². The summed E-state index contributed by atoms with van der Waals surface area (Å²) >= 11 is 0. The van der Waals surface area contributed by atoms with Crippen LogP contribution < -0.4 is 5.32 Å². The second kappa shape index (κ2) is 6.42. The lowest BCUT2D eigenvalue weighted by Crippen LogP contribution is -2.43. The van der Waals surface area contributed by atoms with Gasteiger partial charge in [0.05, 0.1) is 12.8 Å². The first kappa shape index (κ1) is 15.7. The first-order chi connectivity index (χ1) is 10.4. The number of nitrogens with one attached hydrogen (secondary N) is 1. The number of hydrogen-bond donors (Lipinski definition) is 1. The van der Waals surface area contributed by atoms with Gasteiger partial charge in [-0.3, -0.25) is 14.4 Å². The Bertz CT molecular complexity index is 596. The van der Waals surface area contributed by atoms with Gasteiger partial charge >= 0.3 is 17.8 Å². The van der Waals surface area contributed by atoms with Gasteiger partial charge in [-0.1, -0.05) is 6.92 Å². The molecule has 5 amide bonds. The molecule has 0 aromatic carbocycles. The van der Waals surface area contributed by atoms with Crippen molar-refractivity contribution in [1.29, 1.82) is 0 Å². The van der Waals surface area contributed by atoms with Gasteiger partial charge in [0.15, 0.2) is 0 Å². The van der Waals surface area contributed by atoms with E-state index in [-0.39, 0.29) is 12.6 Å². The molecular weight excluding hydrogens is 290 g/mol. The topological polar surface area (TPSA) is 99.9 Å². The van der Waals surface area contributed by atoms with Crippen molar-refractivity contribution in [2.45, 2.75) is 32.9 Å². The van der Waals surface area contributed by atoms with E-state index < -0.39 is 30.3 Å². The summed E-state index contributed by atoms with van der Waals surface area (Å²) in [4.78, 5) is 49.0. The van der Waals surface area contributed by atoms with E-state index in [2.05, 4.69) is 5.32 Å². The van der Waals surface area contributed by atoms with E-state index >= 15 is 0 Å². The summed E-state index contributed by atoms with van der Waals surface area (Å²) in [5.74, 6) is -2.07. The van der Waals surface area contributed by atoms with Crippen LogP contribution in [-0.2, 0) is 20.9 Å². The summed E-state index contributed by atoms with van der Waals surface area (Å²) in [7, 11) is 0. The lowest BCUT2D eigenvalue weighted by Gasteiger charge is -2.16. The summed E-state index contributed by atoms with van der Waals surface area (Å²) in [5.41, 5.74) is 0. The van der Waals surface area contributed by atoms with Gasteiger partial charge in [-0.2, -0.15) is 0 Å². The molecule has 118 valence electrons. The highest BCUT2D eigenvalue weighted by atomic mass is 16.3. The third-order valence-electron chi connectivity index (χ3n) is 3.35. The van der Waals surface area contributed by atoms with E-state index in [9.17, 15) is 19.2 Å². The minimum Gasteiger partial charge on any atom is -0.467 e. The van der Waals surface area contributed by atoms with Crippen LogP contribution in [0.1, 0.15) is 26.0 Å². The molecule has 0 radical (unpaired) electrons. The zero-order valence-corrected chi connectivity index (χ0v) is 12.4. The van der Waals surface area contributed by atoms with Crippen LogP contribution in [0.4, 0.5) is 4.79 Å². The van der Waals surface area contributed by atoms with Gasteiger partial charge < -0.3 is 9.73 Å². The maximum absolute atomic E-state index is 12.1. The molecule has 0 spiro atoms. The van der Waals surface area contributed by atoms with Crippen molar-refractivity contribution < 1.29 is 23.6 Å². The molecule has 8 nitrogen and oxygen atoms in total. The van der Waals surface area contributed by atoms with Crippen LogP contribution in [0.25, 0.3) is 0 Å². The van der Waals surface area contributed by atoms with E-state index in [1.807, 2.05) is 6.92 Å². The number of urea groups is 1. The highest BCUT2D eigenvalue weighted by Gasteiger charge is 2.45. The standard InChI is InChI=1S/C14H17N3O5/c1-3-9(2)15-11(18)8-17-13(20)12(19)16(14(17)21)7-10-5-4-6-22-10/h4-6,9H,3,7-8H2,1-2H3,(H,15,18)/t9-/m0/s1. The Morgan fingerprint density at radius 2 is 1.95 bits per heavy atom. The molecule has 1 N–H and O–H groups in total. The largest absolute Gasteiger partial charge is 0.467 e. The molecule has 1 saturated heterocycles. The Hall–Kier alpha value is -2.64. The van der Waals surface area contributed by atoms with E-state index in [0.29, 0.717) is 10.7 Å². The van der Waals surface area contributed by atoms with Gasteiger partial charge in [0.25, 0.3) is 0 Å². The third-order valence-corrected chi connectivity index (χ3v) is 3.35. The summed E-state index contributed by atoms with van der Waals surface area (Å²) in [6.45, 7) is 3.09. The van der Waals surface area contributed by atoms with Crippen molar-refractivity contribution in [3.63, 3.8) is 0 Å². The lowest BCUT2D eigenvalue weighted by molar-refractivity contribution is -0.144. The Balaban J connectivity index is 2.04. The smallest absolute Gasteiger partial charge is 0.335 e. The molecule has 2 rings (SSSR count). The maximum Gasteiger partial charge on any atom is 0.335 e. The van der Waals surface area contributed by atoms with Crippen LogP contribution in [0.15, 0.2) is 22.8 Å². The van der Waals surface area contributed by atoms with Crippen molar-refractivity contribution in [3.05, 3.63) is 24.2 Å². The van der Waals surface area contributed by atoms with Gasteiger partial charge in [-0.05, 0) is 25.5 Å². The summed E-state index contributed by atoms with van der Waals surface area (Å²) in [6, 6.07) is 2.31. The molecular formula is C14H17N3O5. The number of imide groups is 2.